The SMILES string of the molecule is CCCc1cc(N2CCC(NCC(O)c3cnc4ccccc4c3)CC2)nc2sc(C(=O)O)c(N)c12. The number of benzene rings is 1. The number of aliphatic hydroxyl groups excluding tert-OH is 1. The highest BCUT2D eigenvalue weighted by Crippen LogP contribution is 2.37. The Bertz CT molecular complexity index is 1400. The summed E-state index contributed by atoms with van der Waals surface area (Å²) in [6, 6.07) is 12.3. The van der Waals surface area contributed by atoms with Gasteiger partial charge in [0.1, 0.15) is 15.5 Å². The van der Waals surface area contributed by atoms with Crippen LogP contribution < -0.4 is 16.0 Å². The first-order valence-electron chi connectivity index (χ1n) is 12.4. The van der Waals surface area contributed by atoms with Crippen LogP contribution in [-0.2, 0) is 6.42 Å². The molecule has 4 heterocycles. The van der Waals surface area contributed by atoms with E-state index in [0.29, 0.717) is 23.1 Å². The summed E-state index contributed by atoms with van der Waals surface area (Å²) in [5.74, 6) is -0.127. The van der Waals surface area contributed by atoms with Gasteiger partial charge in [-0.15, -0.1) is 11.3 Å². The van der Waals surface area contributed by atoms with Gasteiger partial charge in [0.15, 0.2) is 0 Å². The normalized spacial score (nSPS) is 15.6. The minimum absolute atomic E-state index is 0.162. The number of pyridine rings is 2. The zero-order chi connectivity index (χ0) is 25.2. The number of aliphatic hydroxyl groups is 1. The van der Waals surface area contributed by atoms with Crippen LogP contribution in [-0.4, -0.2) is 51.8 Å². The molecule has 0 radical (unpaired) electrons. The Morgan fingerprint density at radius 2 is 2.06 bits per heavy atom. The highest BCUT2D eigenvalue weighted by molar-refractivity contribution is 7.21. The molecular formula is C27H31N5O3S. The van der Waals surface area contributed by atoms with E-state index in [1.54, 1.807) is 6.20 Å². The Kier molecular flexibility index (Phi) is 7.04. The zero-order valence-electron chi connectivity index (χ0n) is 20.3. The van der Waals surface area contributed by atoms with Gasteiger partial charge in [0.05, 0.1) is 17.3 Å². The van der Waals surface area contributed by atoms with Gasteiger partial charge >= 0.3 is 5.97 Å². The number of aromatic carboxylic acids is 1. The zero-order valence-corrected chi connectivity index (χ0v) is 21.1. The van der Waals surface area contributed by atoms with Gasteiger partial charge in [0.2, 0.25) is 0 Å². The minimum Gasteiger partial charge on any atom is -0.477 e. The summed E-state index contributed by atoms with van der Waals surface area (Å²) < 4.78 is 0. The van der Waals surface area contributed by atoms with Gasteiger partial charge in [-0.25, -0.2) is 9.78 Å². The minimum atomic E-state index is -1.01. The largest absolute Gasteiger partial charge is 0.477 e. The summed E-state index contributed by atoms with van der Waals surface area (Å²) in [5, 5.41) is 25.6. The lowest BCUT2D eigenvalue weighted by Crippen LogP contribution is -2.44. The fourth-order valence-electron chi connectivity index (χ4n) is 4.95. The third-order valence-corrected chi connectivity index (χ3v) is 7.98. The molecule has 1 atom stereocenters. The number of nitrogens with one attached hydrogen (secondary N) is 1. The number of nitrogens with two attached hydrogens (primary N) is 1. The predicted octanol–water partition coefficient (Wildman–Crippen LogP) is 4.37. The third kappa shape index (κ3) is 4.86. The summed E-state index contributed by atoms with van der Waals surface area (Å²) in [6.07, 6.45) is 4.76. The van der Waals surface area contributed by atoms with Crippen LogP contribution in [0, 0.1) is 0 Å². The smallest absolute Gasteiger partial charge is 0.348 e. The quantitative estimate of drug-likeness (QED) is 0.278. The third-order valence-electron chi connectivity index (χ3n) is 6.90. The van der Waals surface area contributed by atoms with Crippen molar-refractivity contribution in [3.8, 4) is 0 Å². The first kappa shape index (κ1) is 24.4. The first-order chi connectivity index (χ1) is 17.4. The van der Waals surface area contributed by atoms with Gasteiger partial charge in [-0.2, -0.15) is 0 Å². The van der Waals surface area contributed by atoms with Gasteiger partial charge in [0, 0.05) is 48.2 Å². The number of aromatic nitrogens is 2. The second-order valence-electron chi connectivity index (χ2n) is 9.37. The van der Waals surface area contributed by atoms with Crippen molar-refractivity contribution in [2.24, 2.45) is 0 Å². The topological polar surface area (TPSA) is 125 Å². The molecule has 5 rings (SSSR count). The number of hydrogen-bond donors (Lipinski definition) is 4. The Hall–Kier alpha value is -3.27. The van der Waals surface area contributed by atoms with Gasteiger partial charge in [-0.1, -0.05) is 31.5 Å². The molecule has 1 aliphatic rings. The van der Waals surface area contributed by atoms with Gasteiger partial charge in [0.25, 0.3) is 0 Å². The van der Waals surface area contributed by atoms with E-state index in [-0.39, 0.29) is 4.88 Å². The number of fused-ring (bicyclic) bond motifs is 2. The van der Waals surface area contributed by atoms with E-state index in [9.17, 15) is 15.0 Å². The van der Waals surface area contributed by atoms with Crippen LogP contribution in [0.2, 0.25) is 0 Å². The lowest BCUT2D eigenvalue weighted by molar-refractivity contribution is 0.0703. The predicted molar refractivity (Wildman–Crippen MR) is 145 cm³/mol. The van der Waals surface area contributed by atoms with Crippen LogP contribution in [0.4, 0.5) is 11.5 Å². The van der Waals surface area contributed by atoms with E-state index < -0.39 is 12.1 Å². The average Bonchev–Trinajstić information content (AvgIpc) is 3.24. The highest BCUT2D eigenvalue weighted by atomic mass is 32.1. The molecule has 3 aromatic heterocycles. The van der Waals surface area contributed by atoms with Crippen molar-refractivity contribution in [3.05, 3.63) is 58.6 Å². The van der Waals surface area contributed by atoms with E-state index in [0.717, 1.165) is 83.3 Å². The van der Waals surface area contributed by atoms with E-state index in [4.69, 9.17) is 10.7 Å². The molecule has 9 heteroatoms. The van der Waals surface area contributed by atoms with Crippen molar-refractivity contribution >= 4 is 49.9 Å². The van der Waals surface area contributed by atoms with E-state index in [2.05, 4.69) is 28.2 Å². The molecule has 1 aromatic carbocycles. The summed E-state index contributed by atoms with van der Waals surface area (Å²) in [5.41, 5.74) is 9.31. The molecule has 1 fully saturated rings. The Balaban J connectivity index is 1.23. The number of anilines is 2. The Morgan fingerprint density at radius 3 is 2.81 bits per heavy atom. The number of carbonyl (C=O) groups is 1. The number of aryl methyl sites for hydroxylation is 1. The number of piperidine rings is 1. The number of para-hydroxylation sites is 1. The molecule has 1 saturated heterocycles. The first-order valence-corrected chi connectivity index (χ1v) is 13.2. The summed E-state index contributed by atoms with van der Waals surface area (Å²) >= 11 is 1.15. The van der Waals surface area contributed by atoms with Crippen LogP contribution in [0.1, 0.15) is 53.1 Å². The fourth-order valence-corrected chi connectivity index (χ4v) is 5.93. The van der Waals surface area contributed by atoms with Crippen molar-refractivity contribution < 1.29 is 15.0 Å². The molecule has 0 saturated carbocycles. The lowest BCUT2D eigenvalue weighted by Gasteiger charge is -2.34. The summed E-state index contributed by atoms with van der Waals surface area (Å²) in [7, 11) is 0. The fraction of sp³-hybridized carbons (Fsp3) is 0.370. The molecule has 4 aromatic rings. The van der Waals surface area contributed by atoms with E-state index in [1.165, 1.54) is 0 Å². The molecule has 0 spiro atoms. The van der Waals surface area contributed by atoms with Crippen molar-refractivity contribution in [3.63, 3.8) is 0 Å². The second kappa shape index (κ2) is 10.4. The maximum Gasteiger partial charge on any atom is 0.348 e. The Morgan fingerprint density at radius 1 is 1.28 bits per heavy atom. The molecule has 8 nitrogen and oxygen atoms in total. The average molecular weight is 506 g/mol. The second-order valence-corrected chi connectivity index (χ2v) is 10.4. The number of rotatable bonds is 8. The molecule has 5 N–H and O–H groups in total. The molecule has 0 amide bonds. The molecule has 1 aliphatic heterocycles. The molecule has 0 aliphatic carbocycles. The van der Waals surface area contributed by atoms with Crippen molar-refractivity contribution in [2.75, 3.05) is 30.3 Å². The maximum atomic E-state index is 11.6. The van der Waals surface area contributed by atoms with Crippen LogP contribution in [0.5, 0.6) is 0 Å². The number of nitrogens with zero attached hydrogens (tertiary/aromatic N) is 3. The van der Waals surface area contributed by atoms with Crippen molar-refractivity contribution in [2.45, 2.75) is 44.8 Å². The number of carboxylic acids is 1. The molecule has 36 heavy (non-hydrogen) atoms. The van der Waals surface area contributed by atoms with Crippen LogP contribution in [0.15, 0.2) is 42.6 Å². The highest BCUT2D eigenvalue weighted by Gasteiger charge is 2.24. The van der Waals surface area contributed by atoms with Crippen molar-refractivity contribution in [1.29, 1.82) is 0 Å². The van der Waals surface area contributed by atoms with E-state index >= 15 is 0 Å². The number of nitrogen functional groups attached to an aromatic ring is 1. The number of carboxylic acid groups (broad SMARTS) is 1. The van der Waals surface area contributed by atoms with Crippen LogP contribution in [0.25, 0.3) is 21.1 Å². The lowest BCUT2D eigenvalue weighted by atomic mass is 10.0. The van der Waals surface area contributed by atoms with Crippen LogP contribution in [0.3, 0.4) is 0 Å². The Labute approximate surface area is 213 Å². The van der Waals surface area contributed by atoms with Gasteiger partial charge < -0.3 is 26.2 Å². The molecular weight excluding hydrogens is 474 g/mol. The molecule has 0 bridgehead atoms. The standard InChI is InChI=1S/C27H31N5O3S/c1-2-5-17-13-22(31-26-23(17)24(28)25(36-26)27(34)35)32-10-8-19(9-11-32)29-15-21(33)18-12-16-6-3-4-7-20(16)30-14-18/h3-4,6-7,12-14,19,21,29,33H,2,5,8-11,15,28H2,1H3,(H,34,35). The molecule has 1 unspecified atom stereocenters. The summed E-state index contributed by atoms with van der Waals surface area (Å²) in [4.78, 5) is 24.0. The summed E-state index contributed by atoms with van der Waals surface area (Å²) in [6.45, 7) is 4.25. The monoisotopic (exact) mass is 505 g/mol. The van der Waals surface area contributed by atoms with E-state index in [1.807, 2.05) is 30.3 Å². The number of thiophene rings is 1. The number of hydrogen-bond acceptors (Lipinski definition) is 8. The van der Waals surface area contributed by atoms with Gasteiger partial charge in [-0.05, 0) is 43.0 Å². The van der Waals surface area contributed by atoms with Crippen molar-refractivity contribution in [1.82, 2.24) is 15.3 Å². The van der Waals surface area contributed by atoms with Crippen LogP contribution >= 0.6 is 11.3 Å². The van der Waals surface area contributed by atoms with Gasteiger partial charge in [-0.3, -0.25) is 4.98 Å². The molecule has 188 valence electrons. The maximum absolute atomic E-state index is 11.6.